The summed E-state index contributed by atoms with van der Waals surface area (Å²) in [4.78, 5) is 45.2. The molecule has 0 aromatic heterocycles. The maximum absolute atomic E-state index is 14.3. The first-order valence-electron chi connectivity index (χ1n) is 12.3. The molecule has 3 amide bonds. The number of fused-ring (bicyclic) bond motifs is 2. The summed E-state index contributed by atoms with van der Waals surface area (Å²) in [6.45, 7) is 2.02. The molecule has 0 spiro atoms. The number of piperazine rings is 1. The van der Waals surface area contributed by atoms with Crippen LogP contribution in [0.2, 0.25) is 0 Å². The number of carboxylic acid groups (broad SMARTS) is 1. The summed E-state index contributed by atoms with van der Waals surface area (Å²) in [5.74, 6) is -1.69. The van der Waals surface area contributed by atoms with Crippen molar-refractivity contribution in [3.63, 3.8) is 0 Å². The Hall–Kier alpha value is -3.39. The first-order chi connectivity index (χ1) is 17.1. The summed E-state index contributed by atoms with van der Waals surface area (Å²) in [5, 5.41) is 10.3. The van der Waals surface area contributed by atoms with Gasteiger partial charge in [0.05, 0.1) is 25.2 Å². The standard InChI is InChI=1S/C27H31N3O5/c31-25(23(19-8-3-1-4-9-19)20-10-5-2-6-11-20)30-21-12-7-13-22(30)24(26(32)33)29(18-21)27(34)28-14-16-35-17-15-28/h1-6,8-11,21-24H,7,12-18H2,(H,32,33)/t21-,22+,24-/m0/s1. The number of hydrogen-bond acceptors (Lipinski definition) is 4. The van der Waals surface area contributed by atoms with Crippen LogP contribution in [0.1, 0.15) is 36.3 Å². The number of rotatable bonds is 4. The molecule has 3 atom stereocenters. The van der Waals surface area contributed by atoms with Crippen LogP contribution in [0.15, 0.2) is 60.7 Å². The Kier molecular flexibility index (Phi) is 6.72. The van der Waals surface area contributed by atoms with E-state index in [4.69, 9.17) is 4.74 Å². The van der Waals surface area contributed by atoms with Crippen LogP contribution in [0.4, 0.5) is 4.79 Å². The Bertz CT molecular complexity index is 1020. The highest BCUT2D eigenvalue weighted by atomic mass is 16.5. The Morgan fingerprint density at radius 1 is 0.886 bits per heavy atom. The number of aliphatic carboxylic acids is 1. The van der Waals surface area contributed by atoms with Gasteiger partial charge in [-0.3, -0.25) is 4.79 Å². The van der Waals surface area contributed by atoms with Crippen LogP contribution in [0.5, 0.6) is 0 Å². The molecular formula is C27H31N3O5. The minimum Gasteiger partial charge on any atom is -0.480 e. The van der Waals surface area contributed by atoms with Gasteiger partial charge in [-0.2, -0.15) is 0 Å². The third-order valence-corrected chi connectivity index (χ3v) is 7.44. The normalized spacial score (nSPS) is 24.4. The summed E-state index contributed by atoms with van der Waals surface area (Å²) in [5.41, 5.74) is 1.75. The highest BCUT2D eigenvalue weighted by Crippen LogP contribution is 2.38. The fraction of sp³-hybridized carbons (Fsp3) is 0.444. The van der Waals surface area contributed by atoms with Crippen molar-refractivity contribution in [1.82, 2.24) is 14.7 Å². The highest BCUT2D eigenvalue weighted by Gasteiger charge is 2.52. The maximum atomic E-state index is 14.3. The highest BCUT2D eigenvalue weighted by molar-refractivity contribution is 5.90. The van der Waals surface area contributed by atoms with Gasteiger partial charge in [0.2, 0.25) is 5.91 Å². The summed E-state index contributed by atoms with van der Waals surface area (Å²) in [6.07, 6.45) is 2.14. The molecular weight excluding hydrogens is 446 g/mol. The van der Waals surface area contributed by atoms with Gasteiger partial charge in [-0.25, -0.2) is 9.59 Å². The van der Waals surface area contributed by atoms with E-state index in [2.05, 4.69) is 0 Å². The molecule has 3 aliphatic rings. The molecule has 1 N–H and O–H groups in total. The summed E-state index contributed by atoms with van der Waals surface area (Å²) in [6, 6.07) is 17.2. The Labute approximate surface area is 205 Å². The van der Waals surface area contributed by atoms with Gasteiger partial charge >= 0.3 is 12.0 Å². The second-order valence-corrected chi connectivity index (χ2v) is 9.47. The van der Waals surface area contributed by atoms with Crippen molar-refractivity contribution in [1.29, 1.82) is 0 Å². The van der Waals surface area contributed by atoms with Crippen LogP contribution in [0.3, 0.4) is 0 Å². The average molecular weight is 478 g/mol. The van der Waals surface area contributed by atoms with Crippen molar-refractivity contribution in [2.75, 3.05) is 32.8 Å². The zero-order valence-electron chi connectivity index (χ0n) is 19.7. The van der Waals surface area contributed by atoms with Gasteiger partial charge < -0.3 is 24.5 Å². The zero-order chi connectivity index (χ0) is 24.4. The van der Waals surface area contributed by atoms with Crippen LogP contribution < -0.4 is 0 Å². The van der Waals surface area contributed by atoms with E-state index >= 15 is 0 Å². The van der Waals surface area contributed by atoms with Crippen molar-refractivity contribution in [2.24, 2.45) is 0 Å². The number of urea groups is 1. The van der Waals surface area contributed by atoms with E-state index in [1.165, 1.54) is 4.90 Å². The molecule has 0 radical (unpaired) electrons. The summed E-state index contributed by atoms with van der Waals surface area (Å²) < 4.78 is 5.36. The van der Waals surface area contributed by atoms with Gasteiger partial charge in [-0.05, 0) is 30.4 Å². The molecule has 35 heavy (non-hydrogen) atoms. The van der Waals surface area contributed by atoms with Gasteiger partial charge in [0.25, 0.3) is 0 Å². The van der Waals surface area contributed by atoms with Crippen molar-refractivity contribution < 1.29 is 24.2 Å². The van der Waals surface area contributed by atoms with E-state index in [9.17, 15) is 19.5 Å². The van der Waals surface area contributed by atoms with Crippen molar-refractivity contribution in [3.05, 3.63) is 71.8 Å². The van der Waals surface area contributed by atoms with Crippen LogP contribution in [-0.4, -0.2) is 88.7 Å². The quantitative estimate of drug-likeness (QED) is 0.732. The van der Waals surface area contributed by atoms with Gasteiger partial charge in [0.1, 0.15) is 0 Å². The third-order valence-electron chi connectivity index (χ3n) is 7.44. The lowest BCUT2D eigenvalue weighted by molar-refractivity contribution is -0.159. The first-order valence-corrected chi connectivity index (χ1v) is 12.3. The Morgan fingerprint density at radius 2 is 1.49 bits per heavy atom. The first kappa shape index (κ1) is 23.4. The van der Waals surface area contributed by atoms with Gasteiger partial charge in [-0.1, -0.05) is 60.7 Å². The number of amides is 3. The van der Waals surface area contributed by atoms with Crippen LogP contribution in [0.25, 0.3) is 0 Å². The predicted octanol–water partition coefficient (Wildman–Crippen LogP) is 2.79. The summed E-state index contributed by atoms with van der Waals surface area (Å²) in [7, 11) is 0. The van der Waals surface area contributed by atoms with Gasteiger partial charge in [0.15, 0.2) is 6.04 Å². The number of carbonyl (C=O) groups is 3. The molecule has 8 nitrogen and oxygen atoms in total. The molecule has 2 aromatic carbocycles. The number of nitrogens with zero attached hydrogens (tertiary/aromatic N) is 3. The van der Waals surface area contributed by atoms with E-state index in [1.807, 2.05) is 60.7 Å². The third kappa shape index (κ3) is 4.50. The number of benzene rings is 2. The van der Waals surface area contributed by atoms with E-state index in [-0.39, 0.29) is 24.5 Å². The molecule has 3 aliphatic heterocycles. The van der Waals surface area contributed by atoms with Crippen LogP contribution >= 0.6 is 0 Å². The van der Waals surface area contributed by atoms with E-state index in [0.717, 1.165) is 24.0 Å². The topological polar surface area (TPSA) is 90.4 Å². The lowest BCUT2D eigenvalue weighted by Crippen LogP contribution is -2.71. The van der Waals surface area contributed by atoms with Crippen molar-refractivity contribution in [3.8, 4) is 0 Å². The lowest BCUT2D eigenvalue weighted by Gasteiger charge is -2.54. The number of ether oxygens (including phenoxy) is 1. The number of piperidine rings is 1. The second-order valence-electron chi connectivity index (χ2n) is 9.47. The predicted molar refractivity (Wildman–Crippen MR) is 129 cm³/mol. The molecule has 0 saturated carbocycles. The molecule has 2 bridgehead atoms. The molecule has 3 fully saturated rings. The minimum atomic E-state index is -1.07. The minimum absolute atomic E-state index is 0.0955. The van der Waals surface area contributed by atoms with E-state index in [1.54, 1.807) is 9.80 Å². The largest absolute Gasteiger partial charge is 0.480 e. The molecule has 8 heteroatoms. The van der Waals surface area contributed by atoms with Gasteiger partial charge in [0, 0.05) is 25.7 Å². The van der Waals surface area contributed by atoms with Crippen molar-refractivity contribution in [2.45, 2.75) is 43.3 Å². The molecule has 0 aliphatic carbocycles. The van der Waals surface area contributed by atoms with E-state index in [0.29, 0.717) is 32.7 Å². The summed E-state index contributed by atoms with van der Waals surface area (Å²) >= 11 is 0. The van der Waals surface area contributed by atoms with E-state index < -0.39 is 24.0 Å². The molecule has 184 valence electrons. The molecule has 3 heterocycles. The molecule has 0 unspecified atom stereocenters. The number of likely N-dealkylation sites (tertiary alicyclic amines) is 1. The number of morpholine rings is 1. The number of carbonyl (C=O) groups excluding carboxylic acids is 2. The molecule has 3 saturated heterocycles. The van der Waals surface area contributed by atoms with Crippen molar-refractivity contribution >= 4 is 17.9 Å². The Morgan fingerprint density at radius 3 is 2.06 bits per heavy atom. The number of carboxylic acids is 1. The zero-order valence-corrected chi connectivity index (χ0v) is 19.7. The monoisotopic (exact) mass is 477 g/mol. The molecule has 2 aromatic rings. The fourth-order valence-electron chi connectivity index (χ4n) is 5.84. The smallest absolute Gasteiger partial charge is 0.328 e. The second kappa shape index (κ2) is 10.1. The van der Waals surface area contributed by atoms with Crippen LogP contribution in [-0.2, 0) is 14.3 Å². The number of hydrogen-bond donors (Lipinski definition) is 1. The fourth-order valence-corrected chi connectivity index (χ4v) is 5.84. The van der Waals surface area contributed by atoms with Gasteiger partial charge in [-0.15, -0.1) is 0 Å². The average Bonchev–Trinajstić information content (AvgIpc) is 2.89. The molecule has 5 rings (SSSR count). The maximum Gasteiger partial charge on any atom is 0.328 e. The SMILES string of the molecule is O=C(O)[C@@H]1[C@H]2CCC[C@@H](CN1C(=O)N1CCOCC1)N2C(=O)C(c1ccccc1)c1ccccc1. The van der Waals surface area contributed by atoms with Crippen LogP contribution in [0, 0.1) is 0 Å². The lowest BCUT2D eigenvalue weighted by atomic mass is 9.82. The Balaban J connectivity index is 1.49.